The van der Waals surface area contributed by atoms with Crippen molar-refractivity contribution in [1.29, 1.82) is 0 Å². The molecule has 4 heteroatoms. The van der Waals surface area contributed by atoms with Gasteiger partial charge in [0.1, 0.15) is 5.15 Å². The topological polar surface area (TPSA) is 24.9 Å². The summed E-state index contributed by atoms with van der Waals surface area (Å²) in [5.74, 6) is 2.43. The summed E-state index contributed by atoms with van der Waals surface area (Å²) >= 11 is 7.96. The maximum Gasteiger partial charge on any atom is 0.132 e. The van der Waals surface area contributed by atoms with E-state index in [-0.39, 0.29) is 0 Å². The number of rotatable bonds is 2. The fourth-order valence-corrected chi connectivity index (χ4v) is 3.72. The molecule has 1 aliphatic heterocycles. The highest BCUT2D eigenvalue weighted by molar-refractivity contribution is 7.99. The largest absolute Gasteiger partial charge is 0.380 e. The predicted molar refractivity (Wildman–Crippen MR) is 77.1 cm³/mol. The Kier molecular flexibility index (Phi) is 3.88. The molecule has 0 amide bonds. The number of halogens is 1. The van der Waals surface area contributed by atoms with Crippen molar-refractivity contribution in [3.8, 4) is 0 Å². The second kappa shape index (κ2) is 5.07. The summed E-state index contributed by atoms with van der Waals surface area (Å²) in [5.41, 5.74) is 2.45. The Hall–Kier alpha value is -0.410. The first-order valence-corrected chi connectivity index (χ1v) is 7.49. The van der Waals surface area contributed by atoms with E-state index in [9.17, 15) is 0 Å². The van der Waals surface area contributed by atoms with E-state index in [1.165, 1.54) is 12.2 Å². The van der Waals surface area contributed by atoms with Gasteiger partial charge in [0.05, 0.1) is 11.9 Å². The van der Waals surface area contributed by atoms with Gasteiger partial charge in [0, 0.05) is 11.8 Å². The van der Waals surface area contributed by atoms with E-state index in [4.69, 9.17) is 11.6 Å². The number of hydrogen-bond donors (Lipinski definition) is 1. The zero-order valence-corrected chi connectivity index (χ0v) is 12.2. The smallest absolute Gasteiger partial charge is 0.132 e. The monoisotopic (exact) mass is 270 g/mol. The first-order chi connectivity index (χ1) is 7.99. The van der Waals surface area contributed by atoms with Crippen LogP contribution in [0.1, 0.15) is 25.8 Å². The lowest BCUT2D eigenvalue weighted by Crippen LogP contribution is -2.41. The molecule has 0 spiro atoms. The molecule has 0 aliphatic carbocycles. The van der Waals surface area contributed by atoms with Crippen molar-refractivity contribution in [3.05, 3.63) is 23.0 Å². The Balaban J connectivity index is 2.11. The predicted octanol–water partition coefficient (Wildman–Crippen LogP) is 3.99. The number of hydrogen-bond acceptors (Lipinski definition) is 3. The maximum atomic E-state index is 5.94. The van der Waals surface area contributed by atoms with Crippen LogP contribution < -0.4 is 5.32 Å². The van der Waals surface area contributed by atoms with Crippen molar-refractivity contribution in [2.75, 3.05) is 16.8 Å². The van der Waals surface area contributed by atoms with Crippen LogP contribution in [0.4, 0.5) is 5.69 Å². The van der Waals surface area contributed by atoms with Crippen LogP contribution in [0.25, 0.3) is 0 Å². The van der Waals surface area contributed by atoms with Crippen LogP contribution in [0.3, 0.4) is 0 Å². The number of aryl methyl sites for hydroxylation is 1. The molecular weight excluding hydrogens is 252 g/mol. The Labute approximate surface area is 113 Å². The number of nitrogens with one attached hydrogen (secondary N) is 1. The summed E-state index contributed by atoms with van der Waals surface area (Å²) in [6, 6.07) is 2.58. The van der Waals surface area contributed by atoms with Crippen LogP contribution in [0.2, 0.25) is 5.15 Å². The average Bonchev–Trinajstić information content (AvgIpc) is 2.26. The highest BCUT2D eigenvalue weighted by Crippen LogP contribution is 2.36. The second-order valence-corrected chi connectivity index (χ2v) is 6.85. The van der Waals surface area contributed by atoms with Crippen molar-refractivity contribution in [3.63, 3.8) is 0 Å². The van der Waals surface area contributed by atoms with Gasteiger partial charge in [-0.05, 0) is 36.1 Å². The Morgan fingerprint density at radius 3 is 2.94 bits per heavy atom. The van der Waals surface area contributed by atoms with Gasteiger partial charge in [-0.15, -0.1) is 0 Å². The fourth-order valence-electron chi connectivity index (χ4n) is 2.01. The van der Waals surface area contributed by atoms with Gasteiger partial charge in [-0.3, -0.25) is 0 Å². The SMILES string of the molecule is Cc1cc(NC2CSCCC2(C)C)cnc1Cl. The van der Waals surface area contributed by atoms with Gasteiger partial charge in [0.15, 0.2) is 0 Å². The minimum atomic E-state index is 0.346. The van der Waals surface area contributed by atoms with Crippen LogP contribution in [0.15, 0.2) is 12.3 Å². The average molecular weight is 271 g/mol. The number of pyridine rings is 1. The van der Waals surface area contributed by atoms with Crippen LogP contribution in [0.5, 0.6) is 0 Å². The van der Waals surface area contributed by atoms with Gasteiger partial charge in [-0.1, -0.05) is 25.4 Å². The Morgan fingerprint density at radius 1 is 1.53 bits per heavy atom. The van der Waals surface area contributed by atoms with Crippen LogP contribution in [-0.2, 0) is 0 Å². The van der Waals surface area contributed by atoms with Gasteiger partial charge in [0.2, 0.25) is 0 Å². The highest BCUT2D eigenvalue weighted by Gasteiger charge is 2.32. The zero-order valence-electron chi connectivity index (χ0n) is 10.6. The number of nitrogens with zero attached hydrogens (tertiary/aromatic N) is 1. The van der Waals surface area contributed by atoms with Gasteiger partial charge >= 0.3 is 0 Å². The third-order valence-electron chi connectivity index (χ3n) is 3.47. The maximum absolute atomic E-state index is 5.94. The highest BCUT2D eigenvalue weighted by atomic mass is 35.5. The minimum Gasteiger partial charge on any atom is -0.380 e. The van der Waals surface area contributed by atoms with Crippen LogP contribution in [0, 0.1) is 12.3 Å². The van der Waals surface area contributed by atoms with E-state index in [2.05, 4.69) is 30.2 Å². The lowest BCUT2D eigenvalue weighted by Gasteiger charge is -2.39. The van der Waals surface area contributed by atoms with Gasteiger partial charge in [0.25, 0.3) is 0 Å². The molecule has 1 atom stereocenters. The van der Waals surface area contributed by atoms with Gasteiger partial charge in [-0.2, -0.15) is 11.8 Å². The third kappa shape index (κ3) is 3.08. The van der Waals surface area contributed by atoms with E-state index in [1.807, 2.05) is 24.9 Å². The summed E-state index contributed by atoms with van der Waals surface area (Å²) in [6.45, 7) is 6.66. The van der Waals surface area contributed by atoms with Crippen molar-refractivity contribution < 1.29 is 0 Å². The third-order valence-corrected chi connectivity index (χ3v) is 4.93. The molecule has 1 aliphatic rings. The molecule has 1 N–H and O–H groups in total. The normalized spacial score (nSPS) is 23.4. The standard InChI is InChI=1S/C13H19ClN2S/c1-9-6-10(7-15-12(9)14)16-11-8-17-5-4-13(11,2)3/h6-7,11,16H,4-5,8H2,1-3H3. The Bertz CT molecular complexity index is 406. The Morgan fingerprint density at radius 2 is 2.29 bits per heavy atom. The summed E-state index contributed by atoms with van der Waals surface area (Å²) in [6.07, 6.45) is 3.08. The number of anilines is 1. The molecule has 2 rings (SSSR count). The van der Waals surface area contributed by atoms with E-state index < -0.39 is 0 Å². The molecule has 1 fully saturated rings. The van der Waals surface area contributed by atoms with Crippen molar-refractivity contribution in [1.82, 2.24) is 4.98 Å². The molecule has 0 bridgehead atoms. The summed E-state index contributed by atoms with van der Waals surface area (Å²) < 4.78 is 0. The lowest BCUT2D eigenvalue weighted by atomic mass is 9.82. The van der Waals surface area contributed by atoms with E-state index in [0.717, 1.165) is 17.0 Å². The lowest BCUT2D eigenvalue weighted by molar-refractivity contribution is 0.305. The summed E-state index contributed by atoms with van der Waals surface area (Å²) in [5, 5.41) is 4.19. The molecule has 2 nitrogen and oxygen atoms in total. The molecule has 17 heavy (non-hydrogen) atoms. The molecular formula is C13H19ClN2S. The molecule has 94 valence electrons. The molecule has 0 aromatic carbocycles. The van der Waals surface area contributed by atoms with Crippen LogP contribution in [-0.4, -0.2) is 22.5 Å². The zero-order chi connectivity index (χ0) is 12.5. The minimum absolute atomic E-state index is 0.346. The molecule has 0 saturated carbocycles. The number of thioether (sulfide) groups is 1. The molecule has 1 unspecified atom stereocenters. The second-order valence-electron chi connectivity index (χ2n) is 5.34. The molecule has 1 aromatic heterocycles. The van der Waals surface area contributed by atoms with E-state index in [0.29, 0.717) is 16.6 Å². The molecule has 1 aromatic rings. The first-order valence-electron chi connectivity index (χ1n) is 5.95. The van der Waals surface area contributed by atoms with Crippen molar-refractivity contribution in [2.45, 2.75) is 33.2 Å². The summed E-state index contributed by atoms with van der Waals surface area (Å²) in [4.78, 5) is 4.19. The van der Waals surface area contributed by atoms with Gasteiger partial charge < -0.3 is 5.32 Å². The van der Waals surface area contributed by atoms with Crippen molar-refractivity contribution >= 4 is 29.1 Å². The fraction of sp³-hybridized carbons (Fsp3) is 0.615. The van der Waals surface area contributed by atoms with Crippen molar-refractivity contribution in [2.24, 2.45) is 5.41 Å². The summed E-state index contributed by atoms with van der Waals surface area (Å²) in [7, 11) is 0. The van der Waals surface area contributed by atoms with E-state index in [1.54, 1.807) is 0 Å². The quantitative estimate of drug-likeness (QED) is 0.823. The molecule has 2 heterocycles. The van der Waals surface area contributed by atoms with Gasteiger partial charge in [-0.25, -0.2) is 4.98 Å². The van der Waals surface area contributed by atoms with E-state index >= 15 is 0 Å². The first kappa shape index (κ1) is 13.0. The molecule has 0 radical (unpaired) electrons. The molecule has 1 saturated heterocycles. The van der Waals surface area contributed by atoms with Crippen LogP contribution >= 0.6 is 23.4 Å². The number of aromatic nitrogens is 1.